The highest BCUT2D eigenvalue weighted by atomic mass is 16.3. The van der Waals surface area contributed by atoms with Crippen LogP contribution in [0.5, 0.6) is 11.5 Å². The van der Waals surface area contributed by atoms with Gasteiger partial charge in [-0.2, -0.15) is 5.37 Å². The Morgan fingerprint density at radius 1 is 1.19 bits per heavy atom. The molecule has 0 heterocycles. The van der Waals surface area contributed by atoms with Crippen molar-refractivity contribution in [1.29, 1.82) is 0 Å². The van der Waals surface area contributed by atoms with Gasteiger partial charge in [0.25, 0.3) is 0 Å². The van der Waals surface area contributed by atoms with Crippen LogP contribution in [0.2, 0.25) is 0 Å². The van der Waals surface area contributed by atoms with Crippen molar-refractivity contribution < 1.29 is 15.3 Å². The predicted molar refractivity (Wildman–Crippen MR) is 113 cm³/mol. The van der Waals surface area contributed by atoms with Gasteiger partial charge in [0.1, 0.15) is 27.2 Å². The molecule has 0 fully saturated rings. The van der Waals surface area contributed by atoms with Crippen LogP contribution in [0.15, 0.2) is 34.7 Å². The minimum atomic E-state index is -2.19. The summed E-state index contributed by atoms with van der Waals surface area (Å²) in [7, 11) is 23.0. The number of aromatic hydroxyl groups is 2. The number of rotatable bonds is 6. The number of aryl methyl sites for hydroxylation is 1. The maximum Gasteiger partial charge on any atom is 0.123 e. The fourth-order valence-corrected chi connectivity index (χ4v) is 3.97. The van der Waals surface area contributed by atoms with Crippen molar-refractivity contribution in [1.82, 2.24) is 0 Å². The van der Waals surface area contributed by atoms with Crippen molar-refractivity contribution in [2.75, 3.05) is 0 Å². The third-order valence-corrected chi connectivity index (χ3v) is 5.21. The van der Waals surface area contributed by atoms with Crippen LogP contribution in [0.3, 0.4) is 0 Å². The highest BCUT2D eigenvalue weighted by Crippen LogP contribution is 2.48. The molecule has 27 heavy (non-hydrogen) atoms. The fourth-order valence-electron chi connectivity index (χ4n) is 3.97. The summed E-state index contributed by atoms with van der Waals surface area (Å²) < 4.78 is 0. The van der Waals surface area contributed by atoms with Crippen LogP contribution >= 0.6 is 0 Å². The molecule has 2 atom stereocenters. The van der Waals surface area contributed by atoms with Gasteiger partial charge in [-0.3, -0.25) is 0 Å². The van der Waals surface area contributed by atoms with Gasteiger partial charge in [-0.05, 0) is 56.2 Å². The van der Waals surface area contributed by atoms with Gasteiger partial charge in [0.15, 0.2) is 0 Å². The average Bonchev–Trinajstić information content (AvgIpc) is 2.53. The van der Waals surface area contributed by atoms with E-state index in [0.29, 0.717) is 12.0 Å². The number of benzene rings is 1. The summed E-state index contributed by atoms with van der Waals surface area (Å²) in [6, 6.07) is 3.34. The minimum Gasteiger partial charge on any atom is -0.507 e. The van der Waals surface area contributed by atoms with Gasteiger partial charge in [-0.25, -0.2) is 0 Å². The van der Waals surface area contributed by atoms with E-state index in [4.69, 9.17) is 31.4 Å². The van der Waals surface area contributed by atoms with Crippen LogP contribution in [0.4, 0.5) is 0 Å². The van der Waals surface area contributed by atoms with Crippen LogP contribution in [-0.2, 0) is 6.42 Å². The molecule has 0 bridgehead atoms. The molecule has 0 aromatic heterocycles. The van der Waals surface area contributed by atoms with Crippen molar-refractivity contribution in [3.63, 3.8) is 0 Å². The first-order valence-corrected chi connectivity index (χ1v) is 9.34. The van der Waals surface area contributed by atoms with E-state index in [1.54, 1.807) is 12.1 Å². The van der Waals surface area contributed by atoms with E-state index in [2.05, 4.69) is 6.92 Å². The van der Waals surface area contributed by atoms with Crippen molar-refractivity contribution in [3.05, 3.63) is 45.9 Å². The molecule has 0 spiro atoms. The van der Waals surface area contributed by atoms with Crippen molar-refractivity contribution >= 4 is 31.4 Å². The predicted octanol–water partition coefficient (Wildman–Crippen LogP) is 2.41. The van der Waals surface area contributed by atoms with Gasteiger partial charge in [-0.1, -0.05) is 30.6 Å². The Morgan fingerprint density at radius 3 is 2.26 bits per heavy atom. The molecule has 0 aliphatic heterocycles. The summed E-state index contributed by atoms with van der Waals surface area (Å²) in [6.45, 7) is 4.05. The molecular weight excluding hydrogens is 331 g/mol. The topological polar surface area (TPSA) is 60.7 Å². The Morgan fingerprint density at radius 2 is 1.78 bits per heavy atom. The lowest BCUT2D eigenvalue weighted by molar-refractivity contribution is 0.226. The van der Waals surface area contributed by atoms with Gasteiger partial charge in [0.2, 0.25) is 0 Å². The smallest absolute Gasteiger partial charge is 0.123 e. The monoisotopic (exact) mass is 356 g/mol. The average molecular weight is 356 g/mol. The lowest BCUT2D eigenvalue weighted by Crippen LogP contribution is -2.39. The highest BCUT2D eigenvalue weighted by molar-refractivity contribution is 6.51. The lowest BCUT2D eigenvalue weighted by Gasteiger charge is -2.39. The second-order valence-electron chi connectivity index (χ2n) is 7.53. The van der Waals surface area contributed by atoms with E-state index < -0.39 is 17.2 Å². The zero-order valence-electron chi connectivity index (χ0n) is 16.1. The van der Waals surface area contributed by atoms with E-state index in [1.807, 2.05) is 13.0 Å². The van der Waals surface area contributed by atoms with Gasteiger partial charge in [-0.15, -0.1) is 0 Å². The molecule has 1 aliphatic carbocycles. The van der Waals surface area contributed by atoms with Crippen LogP contribution in [0.1, 0.15) is 56.6 Å². The van der Waals surface area contributed by atoms with Crippen LogP contribution in [-0.4, -0.2) is 52.1 Å². The molecule has 134 valence electrons. The molecule has 1 aromatic carbocycles. The normalized spacial score (nSPS) is 20.2. The first-order valence-electron chi connectivity index (χ1n) is 9.34. The Kier molecular flexibility index (Phi) is 7.02. The Hall–Kier alpha value is -1.48. The first kappa shape index (κ1) is 21.8. The van der Waals surface area contributed by atoms with E-state index in [0.717, 1.165) is 36.8 Å². The maximum atomic E-state index is 10.7. The number of hydrogen-bond donors (Lipinski definition) is 3. The van der Waals surface area contributed by atoms with E-state index in [-0.39, 0.29) is 22.4 Å². The molecule has 2 rings (SSSR count). The van der Waals surface area contributed by atoms with Crippen molar-refractivity contribution in [2.45, 2.75) is 57.3 Å². The molecule has 2 unspecified atom stereocenters. The molecule has 0 amide bonds. The lowest BCUT2D eigenvalue weighted by atomic mass is 9.51. The van der Waals surface area contributed by atoms with Crippen molar-refractivity contribution in [3.8, 4) is 11.5 Å². The van der Waals surface area contributed by atoms with E-state index in [9.17, 15) is 15.3 Å². The highest BCUT2D eigenvalue weighted by Gasteiger charge is 2.36. The number of aliphatic hydroxyl groups is 1. The van der Waals surface area contributed by atoms with Crippen LogP contribution in [0, 0.1) is 5.92 Å². The molecule has 0 saturated carbocycles. The molecule has 0 saturated heterocycles. The van der Waals surface area contributed by atoms with Gasteiger partial charge in [0, 0.05) is 16.9 Å². The third kappa shape index (κ3) is 5.07. The molecule has 8 radical (unpaired) electrons. The number of allylic oxidation sites excluding steroid dienone is 2. The molecule has 3 nitrogen and oxygen atoms in total. The summed E-state index contributed by atoms with van der Waals surface area (Å²) in [6.07, 6.45) is 6.01. The third-order valence-electron chi connectivity index (χ3n) is 5.21. The van der Waals surface area contributed by atoms with Gasteiger partial charge in [0.05, 0.1) is 15.7 Å². The second kappa shape index (κ2) is 8.68. The summed E-state index contributed by atoms with van der Waals surface area (Å²) in [5, 5.41) is 29.2. The summed E-state index contributed by atoms with van der Waals surface area (Å²) in [4.78, 5) is 0. The minimum absolute atomic E-state index is 0.00502. The quantitative estimate of drug-likeness (QED) is 0.542. The molecular formula is C20H24B4O3. The second-order valence-corrected chi connectivity index (χ2v) is 7.53. The Bertz CT molecular complexity index is 723. The van der Waals surface area contributed by atoms with E-state index >= 15 is 0 Å². The number of phenolic OH excluding ortho intramolecular Hbond substituents is 2. The molecule has 7 heteroatoms. The number of phenols is 2. The Labute approximate surface area is 167 Å². The van der Waals surface area contributed by atoms with Crippen LogP contribution in [0.25, 0.3) is 0 Å². The Balaban J connectivity index is 2.56. The fraction of sp³-hybridized carbons (Fsp3) is 0.500. The summed E-state index contributed by atoms with van der Waals surface area (Å²) in [5.41, 5.74) is 2.44. The largest absolute Gasteiger partial charge is 0.507 e. The van der Waals surface area contributed by atoms with Crippen LogP contribution < -0.4 is 0 Å². The molecule has 3 N–H and O–H groups in total. The van der Waals surface area contributed by atoms with Crippen molar-refractivity contribution in [2.24, 2.45) is 5.92 Å². The zero-order chi connectivity index (χ0) is 20.4. The SMILES string of the molecule is [B]C([B])=C(C1CCC(C)=CC1c1c(O)cc(CCCC)cc1O)C([B])([B])O. The first-order chi connectivity index (χ1) is 12.6. The number of hydrogen-bond acceptors (Lipinski definition) is 3. The number of unbranched alkanes of at least 4 members (excludes halogenated alkanes) is 1. The van der Waals surface area contributed by atoms with Gasteiger partial charge < -0.3 is 15.3 Å². The van der Waals surface area contributed by atoms with Gasteiger partial charge >= 0.3 is 0 Å². The van der Waals surface area contributed by atoms with E-state index in [1.165, 1.54) is 0 Å². The molecule has 1 aliphatic rings. The molecule has 1 aromatic rings. The summed E-state index contributed by atoms with van der Waals surface area (Å²) >= 11 is 0. The standard InChI is InChI=1S/C20H24B4O3/c1-3-4-5-12-9-15(25)17(16(26)10-12)14-8-11(2)6-7-13(14)18(19(21)22)20(23,24)27/h8-10,13-14,25-27H,3-7H2,1-2H3. The maximum absolute atomic E-state index is 10.7. The zero-order valence-corrected chi connectivity index (χ0v) is 16.1. The summed E-state index contributed by atoms with van der Waals surface area (Å²) in [5.74, 6) is -0.921.